The monoisotopic (exact) mass is 183 g/mol. The molecule has 1 saturated heterocycles. The molecule has 0 aromatic rings. The minimum Gasteiger partial charge on any atom is -0.379 e. The van der Waals surface area contributed by atoms with E-state index in [1.54, 1.807) is 0 Å². The zero-order valence-corrected chi connectivity index (χ0v) is 8.59. The molecule has 2 heteroatoms. The van der Waals surface area contributed by atoms with Gasteiger partial charge in [0.15, 0.2) is 0 Å². The summed E-state index contributed by atoms with van der Waals surface area (Å²) in [7, 11) is 0. The molecule has 0 aromatic carbocycles. The van der Waals surface area contributed by atoms with Gasteiger partial charge in [-0.2, -0.15) is 0 Å². The molecule has 0 atom stereocenters. The van der Waals surface area contributed by atoms with Crippen molar-refractivity contribution in [2.45, 2.75) is 38.7 Å². The molecule has 0 amide bonds. The quantitative estimate of drug-likeness (QED) is 0.720. The Bertz CT molecular complexity index is 148. The van der Waals surface area contributed by atoms with Gasteiger partial charge in [0.2, 0.25) is 0 Å². The smallest absolute Gasteiger partial charge is 0.0575 e. The number of nitrogens with one attached hydrogen (secondary N) is 1. The Morgan fingerprint density at radius 1 is 1.08 bits per heavy atom. The lowest BCUT2D eigenvalue weighted by Crippen LogP contribution is -2.47. The summed E-state index contributed by atoms with van der Waals surface area (Å²) >= 11 is 0. The number of ether oxygens (including phenoxy) is 1. The summed E-state index contributed by atoms with van der Waals surface area (Å²) in [5.74, 6) is 1.99. The summed E-state index contributed by atoms with van der Waals surface area (Å²) in [5, 5.41) is 3.36. The Morgan fingerprint density at radius 2 is 1.77 bits per heavy atom. The Morgan fingerprint density at radius 3 is 2.23 bits per heavy atom. The standard InChI is InChI=1S/C11H21NO/c1-2-13-11-5-3-9(4-6-11)10-7-12-8-10/h9-12H,2-8H2,1H3. The van der Waals surface area contributed by atoms with E-state index in [0.29, 0.717) is 6.10 Å². The zero-order chi connectivity index (χ0) is 9.10. The number of hydrogen-bond acceptors (Lipinski definition) is 2. The molecule has 1 saturated carbocycles. The van der Waals surface area contributed by atoms with E-state index in [9.17, 15) is 0 Å². The molecule has 2 fully saturated rings. The van der Waals surface area contributed by atoms with E-state index < -0.39 is 0 Å². The van der Waals surface area contributed by atoms with Crippen LogP contribution in [-0.2, 0) is 4.74 Å². The Hall–Kier alpha value is -0.0800. The van der Waals surface area contributed by atoms with E-state index in [1.807, 2.05) is 0 Å². The van der Waals surface area contributed by atoms with Crippen molar-refractivity contribution in [1.82, 2.24) is 5.32 Å². The van der Waals surface area contributed by atoms with Gasteiger partial charge in [0.25, 0.3) is 0 Å². The summed E-state index contributed by atoms with van der Waals surface area (Å²) in [5.41, 5.74) is 0. The topological polar surface area (TPSA) is 21.3 Å². The van der Waals surface area contributed by atoms with E-state index in [4.69, 9.17) is 4.74 Å². The van der Waals surface area contributed by atoms with Crippen molar-refractivity contribution in [3.05, 3.63) is 0 Å². The van der Waals surface area contributed by atoms with Gasteiger partial charge in [-0.1, -0.05) is 0 Å². The zero-order valence-electron chi connectivity index (χ0n) is 8.59. The van der Waals surface area contributed by atoms with Gasteiger partial charge in [-0.05, 0) is 57.5 Å². The van der Waals surface area contributed by atoms with E-state index >= 15 is 0 Å². The van der Waals surface area contributed by atoms with Crippen LogP contribution in [0.1, 0.15) is 32.6 Å². The number of rotatable bonds is 3. The predicted octanol–water partition coefficient (Wildman–Crippen LogP) is 1.80. The molecule has 0 aromatic heterocycles. The van der Waals surface area contributed by atoms with Crippen molar-refractivity contribution >= 4 is 0 Å². The lowest BCUT2D eigenvalue weighted by Gasteiger charge is -2.38. The van der Waals surface area contributed by atoms with E-state index in [1.165, 1.54) is 38.8 Å². The van der Waals surface area contributed by atoms with Crippen molar-refractivity contribution in [3.63, 3.8) is 0 Å². The van der Waals surface area contributed by atoms with Crippen LogP contribution in [0.3, 0.4) is 0 Å². The molecule has 1 aliphatic heterocycles. The fraction of sp³-hybridized carbons (Fsp3) is 1.00. The van der Waals surface area contributed by atoms with Crippen LogP contribution in [0, 0.1) is 11.8 Å². The highest BCUT2D eigenvalue weighted by Gasteiger charge is 2.30. The fourth-order valence-electron chi connectivity index (χ4n) is 2.61. The molecular formula is C11H21NO. The molecule has 2 aliphatic rings. The Balaban J connectivity index is 1.69. The lowest BCUT2D eigenvalue weighted by molar-refractivity contribution is 0.0137. The first-order valence-electron chi connectivity index (χ1n) is 5.72. The normalized spacial score (nSPS) is 35.8. The van der Waals surface area contributed by atoms with Crippen LogP contribution < -0.4 is 5.32 Å². The molecule has 0 bridgehead atoms. The second kappa shape index (κ2) is 4.43. The van der Waals surface area contributed by atoms with Crippen molar-refractivity contribution in [3.8, 4) is 0 Å². The average molecular weight is 183 g/mol. The third kappa shape index (κ3) is 2.23. The molecule has 76 valence electrons. The number of hydrogen-bond donors (Lipinski definition) is 1. The maximum atomic E-state index is 5.65. The Labute approximate surface area is 81.0 Å². The maximum absolute atomic E-state index is 5.65. The van der Waals surface area contributed by atoms with Crippen molar-refractivity contribution in [2.75, 3.05) is 19.7 Å². The van der Waals surface area contributed by atoms with Gasteiger partial charge in [0.05, 0.1) is 6.10 Å². The fourth-order valence-corrected chi connectivity index (χ4v) is 2.61. The highest BCUT2D eigenvalue weighted by atomic mass is 16.5. The minimum absolute atomic E-state index is 0.578. The first kappa shape index (κ1) is 9.47. The summed E-state index contributed by atoms with van der Waals surface area (Å²) in [6.07, 6.45) is 5.98. The molecule has 0 unspecified atom stereocenters. The van der Waals surface area contributed by atoms with E-state index in [0.717, 1.165) is 18.4 Å². The third-order valence-corrected chi connectivity index (χ3v) is 3.60. The first-order valence-corrected chi connectivity index (χ1v) is 5.72. The molecule has 1 heterocycles. The van der Waals surface area contributed by atoms with Crippen LogP contribution in [0.5, 0.6) is 0 Å². The minimum atomic E-state index is 0.578. The van der Waals surface area contributed by atoms with Crippen LogP contribution >= 0.6 is 0 Å². The molecule has 0 radical (unpaired) electrons. The molecule has 1 N–H and O–H groups in total. The van der Waals surface area contributed by atoms with Crippen LogP contribution in [0.2, 0.25) is 0 Å². The van der Waals surface area contributed by atoms with Crippen molar-refractivity contribution in [1.29, 1.82) is 0 Å². The summed E-state index contributed by atoms with van der Waals surface area (Å²) in [6.45, 7) is 5.52. The second-order valence-corrected chi connectivity index (χ2v) is 4.41. The van der Waals surface area contributed by atoms with E-state index in [-0.39, 0.29) is 0 Å². The van der Waals surface area contributed by atoms with Crippen LogP contribution in [0.4, 0.5) is 0 Å². The van der Waals surface area contributed by atoms with Gasteiger partial charge in [-0.15, -0.1) is 0 Å². The first-order chi connectivity index (χ1) is 6.40. The molecule has 2 nitrogen and oxygen atoms in total. The highest BCUT2D eigenvalue weighted by Crippen LogP contribution is 2.33. The van der Waals surface area contributed by atoms with Crippen LogP contribution in [0.15, 0.2) is 0 Å². The molecular weight excluding hydrogens is 162 g/mol. The molecule has 0 spiro atoms. The van der Waals surface area contributed by atoms with Crippen molar-refractivity contribution < 1.29 is 4.74 Å². The van der Waals surface area contributed by atoms with Crippen molar-refractivity contribution in [2.24, 2.45) is 11.8 Å². The van der Waals surface area contributed by atoms with Gasteiger partial charge >= 0.3 is 0 Å². The van der Waals surface area contributed by atoms with Gasteiger partial charge in [-0.3, -0.25) is 0 Å². The molecule has 13 heavy (non-hydrogen) atoms. The molecule has 1 aliphatic carbocycles. The second-order valence-electron chi connectivity index (χ2n) is 4.41. The third-order valence-electron chi connectivity index (χ3n) is 3.60. The van der Waals surface area contributed by atoms with Crippen LogP contribution in [0.25, 0.3) is 0 Å². The maximum Gasteiger partial charge on any atom is 0.0575 e. The highest BCUT2D eigenvalue weighted by molar-refractivity contribution is 4.85. The largest absolute Gasteiger partial charge is 0.379 e. The molecule has 2 rings (SSSR count). The predicted molar refractivity (Wildman–Crippen MR) is 53.7 cm³/mol. The summed E-state index contributed by atoms with van der Waals surface area (Å²) < 4.78 is 5.65. The lowest BCUT2D eigenvalue weighted by atomic mass is 9.76. The summed E-state index contributed by atoms with van der Waals surface area (Å²) in [6, 6.07) is 0. The Kier molecular flexibility index (Phi) is 3.23. The van der Waals surface area contributed by atoms with Gasteiger partial charge in [0, 0.05) is 6.61 Å². The van der Waals surface area contributed by atoms with Crippen LogP contribution in [-0.4, -0.2) is 25.8 Å². The average Bonchev–Trinajstić information content (AvgIpc) is 2.06. The van der Waals surface area contributed by atoms with Gasteiger partial charge in [-0.25, -0.2) is 0 Å². The van der Waals surface area contributed by atoms with E-state index in [2.05, 4.69) is 12.2 Å². The summed E-state index contributed by atoms with van der Waals surface area (Å²) in [4.78, 5) is 0. The van der Waals surface area contributed by atoms with Gasteiger partial charge < -0.3 is 10.1 Å². The SMILES string of the molecule is CCOC1CCC(C2CNC2)CC1. The van der Waals surface area contributed by atoms with Gasteiger partial charge in [0.1, 0.15) is 0 Å².